The second-order valence-electron chi connectivity index (χ2n) is 7.86. The molecule has 1 fully saturated rings. The van der Waals surface area contributed by atoms with Crippen molar-refractivity contribution in [2.75, 3.05) is 20.2 Å². The number of rotatable bonds is 7. The zero-order valence-electron chi connectivity index (χ0n) is 17.4. The predicted molar refractivity (Wildman–Crippen MR) is 111 cm³/mol. The van der Waals surface area contributed by atoms with E-state index in [1.54, 1.807) is 23.9 Å². The van der Waals surface area contributed by atoms with E-state index in [-0.39, 0.29) is 23.7 Å². The lowest BCUT2D eigenvalue weighted by Gasteiger charge is -2.33. The van der Waals surface area contributed by atoms with Crippen LogP contribution in [0.2, 0.25) is 0 Å². The van der Waals surface area contributed by atoms with E-state index < -0.39 is 0 Å². The maximum Gasteiger partial charge on any atom is 0.220 e. The van der Waals surface area contributed by atoms with Gasteiger partial charge >= 0.3 is 0 Å². The molecule has 9 heteroatoms. The Morgan fingerprint density at radius 3 is 2.48 bits per heavy atom. The van der Waals surface area contributed by atoms with E-state index in [9.17, 15) is 9.18 Å². The Labute approximate surface area is 179 Å². The highest BCUT2D eigenvalue weighted by Gasteiger charge is 2.36. The Balaban J connectivity index is 1.65. The number of nitrogens with one attached hydrogen (secondary N) is 1. The minimum absolute atomic E-state index is 0.0875. The van der Waals surface area contributed by atoms with Crippen LogP contribution in [0.1, 0.15) is 35.8 Å². The molecule has 1 atom stereocenters. The van der Waals surface area contributed by atoms with Gasteiger partial charge in [-0.2, -0.15) is 0 Å². The minimum atomic E-state index is -0.279. The quantitative estimate of drug-likeness (QED) is 0.582. The van der Waals surface area contributed by atoms with Crippen LogP contribution < -0.4 is 15.4 Å². The van der Waals surface area contributed by atoms with E-state index in [4.69, 9.17) is 10.5 Å². The number of carbonyl (C=O) groups excluding carboxylic acids is 1. The largest absolute Gasteiger partial charge is 0.497 e. The van der Waals surface area contributed by atoms with Gasteiger partial charge in [-0.1, -0.05) is 12.1 Å². The monoisotopic (exact) mass is 425 g/mol. The summed E-state index contributed by atoms with van der Waals surface area (Å²) >= 11 is 0. The van der Waals surface area contributed by atoms with Gasteiger partial charge in [-0.25, -0.2) is 9.07 Å². The van der Waals surface area contributed by atoms with Gasteiger partial charge in [0.15, 0.2) is 6.04 Å². The molecule has 0 bridgehead atoms. The number of likely N-dealkylation sites (tertiary alicyclic amines) is 1. The molecule has 31 heavy (non-hydrogen) atoms. The minimum Gasteiger partial charge on any atom is -0.497 e. The molecule has 162 valence electrons. The number of hydrogen-bond acceptors (Lipinski definition) is 5. The van der Waals surface area contributed by atoms with Crippen LogP contribution in [0.5, 0.6) is 5.75 Å². The number of aromatic nitrogens is 4. The molecule has 0 spiro atoms. The van der Waals surface area contributed by atoms with Gasteiger partial charge in [-0.05, 0) is 52.4 Å². The number of quaternary nitrogens is 1. The predicted octanol–water partition coefficient (Wildman–Crippen LogP) is 0.739. The molecule has 0 unspecified atom stereocenters. The summed E-state index contributed by atoms with van der Waals surface area (Å²) in [5.74, 6) is 0.896. The maximum atomic E-state index is 13.3. The van der Waals surface area contributed by atoms with Crippen LogP contribution in [0.15, 0.2) is 48.5 Å². The van der Waals surface area contributed by atoms with Gasteiger partial charge in [0, 0.05) is 24.3 Å². The number of carbonyl (C=O) groups is 1. The fourth-order valence-corrected chi connectivity index (χ4v) is 4.22. The van der Waals surface area contributed by atoms with Crippen molar-refractivity contribution in [3.8, 4) is 5.75 Å². The zero-order valence-corrected chi connectivity index (χ0v) is 17.4. The van der Waals surface area contributed by atoms with Gasteiger partial charge in [0.25, 0.3) is 0 Å². The number of hydrogen-bond donors (Lipinski definition) is 2. The van der Waals surface area contributed by atoms with Crippen molar-refractivity contribution in [2.24, 2.45) is 11.7 Å². The molecule has 8 nitrogen and oxygen atoms in total. The van der Waals surface area contributed by atoms with Crippen LogP contribution in [0.25, 0.3) is 0 Å². The highest BCUT2D eigenvalue weighted by molar-refractivity contribution is 5.76. The first-order valence-corrected chi connectivity index (χ1v) is 10.3. The standard InChI is InChI=1S/C22H25FN6O2/c1-31-19-8-4-16(5-9-19)20(28-12-10-17(11-13-28)21(24)30)22-25-26-27-29(22)14-15-2-6-18(23)7-3-15/h2-9,17,20H,10-14H2,1H3,(H2,24,30)/p+1/t20-/m0/s1. The number of amides is 1. The van der Waals surface area contributed by atoms with Crippen LogP contribution in [-0.4, -0.2) is 46.3 Å². The first kappa shape index (κ1) is 20.9. The lowest BCUT2D eigenvalue weighted by molar-refractivity contribution is -0.931. The molecule has 1 saturated heterocycles. The Morgan fingerprint density at radius 1 is 1.19 bits per heavy atom. The number of nitrogens with zero attached hydrogens (tertiary/aromatic N) is 4. The second kappa shape index (κ2) is 9.22. The zero-order chi connectivity index (χ0) is 21.8. The first-order chi connectivity index (χ1) is 15.0. The molecular weight excluding hydrogens is 399 g/mol. The summed E-state index contributed by atoms with van der Waals surface area (Å²) in [5.41, 5.74) is 7.49. The maximum absolute atomic E-state index is 13.3. The van der Waals surface area contributed by atoms with Gasteiger partial charge in [-0.3, -0.25) is 4.79 Å². The molecule has 1 aliphatic rings. The summed E-state index contributed by atoms with van der Waals surface area (Å²) in [6.07, 6.45) is 1.47. The summed E-state index contributed by atoms with van der Waals surface area (Å²) in [6.45, 7) is 2.01. The number of primary amides is 1. The van der Waals surface area contributed by atoms with Crippen molar-refractivity contribution in [1.82, 2.24) is 20.2 Å². The first-order valence-electron chi connectivity index (χ1n) is 10.3. The number of piperidine rings is 1. The van der Waals surface area contributed by atoms with Crippen molar-refractivity contribution >= 4 is 5.91 Å². The van der Waals surface area contributed by atoms with Crippen LogP contribution in [-0.2, 0) is 11.3 Å². The van der Waals surface area contributed by atoms with Crippen LogP contribution >= 0.6 is 0 Å². The van der Waals surface area contributed by atoms with Gasteiger partial charge in [0.1, 0.15) is 11.6 Å². The topological polar surface area (TPSA) is 100 Å². The molecule has 4 rings (SSSR count). The Bertz CT molecular complexity index is 1010. The molecule has 1 aromatic heterocycles. The molecule has 0 saturated carbocycles. The highest BCUT2D eigenvalue weighted by atomic mass is 19.1. The number of halogens is 1. The van der Waals surface area contributed by atoms with Crippen LogP contribution in [0.3, 0.4) is 0 Å². The number of ether oxygens (including phenoxy) is 1. The van der Waals surface area contributed by atoms with Gasteiger partial charge in [0.2, 0.25) is 11.7 Å². The van der Waals surface area contributed by atoms with E-state index >= 15 is 0 Å². The van der Waals surface area contributed by atoms with Crippen molar-refractivity contribution in [2.45, 2.75) is 25.4 Å². The highest BCUT2D eigenvalue weighted by Crippen LogP contribution is 2.22. The van der Waals surface area contributed by atoms with E-state index in [1.165, 1.54) is 17.0 Å². The fourth-order valence-electron chi connectivity index (χ4n) is 4.22. The third kappa shape index (κ3) is 4.72. The van der Waals surface area contributed by atoms with E-state index in [1.807, 2.05) is 24.3 Å². The van der Waals surface area contributed by atoms with E-state index in [0.717, 1.165) is 48.6 Å². The fraction of sp³-hybridized carbons (Fsp3) is 0.364. The Hall–Kier alpha value is -3.33. The molecule has 0 radical (unpaired) electrons. The Kier molecular flexibility index (Phi) is 6.22. The third-order valence-electron chi connectivity index (χ3n) is 5.95. The van der Waals surface area contributed by atoms with Gasteiger partial charge in [-0.15, -0.1) is 5.10 Å². The summed E-state index contributed by atoms with van der Waals surface area (Å²) in [7, 11) is 1.63. The smallest absolute Gasteiger partial charge is 0.220 e. The number of methoxy groups -OCH3 is 1. The number of nitrogens with two attached hydrogens (primary N) is 1. The molecule has 2 heterocycles. The molecular formula is C22H26FN6O2+. The average molecular weight is 425 g/mol. The summed E-state index contributed by atoms with van der Waals surface area (Å²) in [5, 5.41) is 12.5. The van der Waals surface area contributed by atoms with E-state index in [0.29, 0.717) is 6.54 Å². The molecule has 2 aromatic carbocycles. The van der Waals surface area contributed by atoms with Crippen LogP contribution in [0, 0.1) is 11.7 Å². The lowest BCUT2D eigenvalue weighted by Crippen LogP contribution is -3.13. The number of tetrazole rings is 1. The molecule has 3 N–H and O–H groups in total. The van der Waals surface area contributed by atoms with Crippen molar-refractivity contribution in [3.63, 3.8) is 0 Å². The van der Waals surface area contributed by atoms with Gasteiger partial charge < -0.3 is 15.4 Å². The third-order valence-corrected chi connectivity index (χ3v) is 5.95. The van der Waals surface area contributed by atoms with Gasteiger partial charge in [0.05, 0.1) is 26.7 Å². The molecule has 1 amide bonds. The van der Waals surface area contributed by atoms with Crippen molar-refractivity contribution in [3.05, 3.63) is 71.3 Å². The van der Waals surface area contributed by atoms with Crippen molar-refractivity contribution < 1.29 is 18.8 Å². The molecule has 1 aliphatic heterocycles. The number of benzene rings is 2. The molecule has 3 aromatic rings. The van der Waals surface area contributed by atoms with E-state index in [2.05, 4.69) is 15.5 Å². The van der Waals surface area contributed by atoms with Crippen molar-refractivity contribution in [1.29, 1.82) is 0 Å². The molecule has 0 aliphatic carbocycles. The summed E-state index contributed by atoms with van der Waals surface area (Å²) < 4.78 is 20.4. The lowest BCUT2D eigenvalue weighted by atomic mass is 9.93. The summed E-state index contributed by atoms with van der Waals surface area (Å²) in [4.78, 5) is 12.9. The average Bonchev–Trinajstić information content (AvgIpc) is 3.24. The van der Waals surface area contributed by atoms with Crippen LogP contribution in [0.4, 0.5) is 4.39 Å². The SMILES string of the molecule is COc1ccc([C@@H](c2nnnn2Cc2ccc(F)cc2)[NH+]2CCC(C(N)=O)CC2)cc1. The summed E-state index contributed by atoms with van der Waals surface area (Å²) in [6, 6.07) is 14.1. The Morgan fingerprint density at radius 2 is 1.87 bits per heavy atom. The second-order valence-corrected chi connectivity index (χ2v) is 7.86. The normalized spacial score (nSPS) is 19.7.